The van der Waals surface area contributed by atoms with Crippen LogP contribution in [0.3, 0.4) is 0 Å². The van der Waals surface area contributed by atoms with Crippen molar-refractivity contribution in [2.45, 2.75) is 36.4 Å². The number of aliphatic carboxylic acids is 1. The van der Waals surface area contributed by atoms with Crippen LogP contribution in [0.1, 0.15) is 32.6 Å². The van der Waals surface area contributed by atoms with Crippen molar-refractivity contribution in [3.63, 3.8) is 0 Å². The van der Waals surface area contributed by atoms with Gasteiger partial charge in [-0.2, -0.15) is 25.3 Å². The number of nitrogens with zero attached hydrogens (tertiary/aromatic N) is 1. The number of imide groups is 1. The highest BCUT2D eigenvalue weighted by molar-refractivity contribution is 7.79. The molecule has 0 aliphatic carbocycles. The van der Waals surface area contributed by atoms with Gasteiger partial charge in [-0.25, -0.2) is 4.79 Å². The number of rotatable bonds is 10. The summed E-state index contributed by atoms with van der Waals surface area (Å²) in [5.41, 5.74) is 10.5. The number of carbonyl (C=O) groups excluding carboxylic acids is 2. The Bertz CT molecular complexity index is 1430. The molecule has 9 heteroatoms. The van der Waals surface area contributed by atoms with E-state index in [2.05, 4.69) is 30.2 Å². The third-order valence-corrected chi connectivity index (χ3v) is 7.15. The number of benzene rings is 3. The van der Waals surface area contributed by atoms with Crippen molar-refractivity contribution in [2.75, 3.05) is 0 Å². The zero-order valence-corrected chi connectivity index (χ0v) is 22.4. The minimum Gasteiger partial charge on any atom is -0.480 e. The number of H-pyrrole nitrogens is 1. The molecule has 0 saturated heterocycles. The van der Waals surface area contributed by atoms with Crippen molar-refractivity contribution < 1.29 is 19.5 Å². The number of thiol groups is 2. The SMILES string of the molecule is N[C@@H](Cc1c[nH]c2ccccc12)C(=O)N(C(=O)c1cc(CS)cc(CS)c1)[C@@H](Cc1ccccc1)C(=O)O. The van der Waals surface area contributed by atoms with E-state index in [9.17, 15) is 19.5 Å². The molecule has 196 valence electrons. The molecule has 0 radical (unpaired) electrons. The first-order valence-electron chi connectivity index (χ1n) is 12.1. The summed E-state index contributed by atoms with van der Waals surface area (Å²) in [5.74, 6) is -2.05. The smallest absolute Gasteiger partial charge is 0.327 e. The van der Waals surface area contributed by atoms with Gasteiger partial charge in [0.2, 0.25) is 5.91 Å². The molecule has 7 nitrogen and oxygen atoms in total. The first-order valence-corrected chi connectivity index (χ1v) is 13.4. The number of aromatic nitrogens is 1. The van der Waals surface area contributed by atoms with E-state index >= 15 is 0 Å². The molecule has 2 atom stereocenters. The first kappa shape index (κ1) is 27.5. The molecule has 0 aliphatic heterocycles. The van der Waals surface area contributed by atoms with Crippen molar-refractivity contribution in [1.82, 2.24) is 9.88 Å². The van der Waals surface area contributed by atoms with E-state index in [1.165, 1.54) is 0 Å². The molecule has 4 rings (SSSR count). The largest absolute Gasteiger partial charge is 0.480 e. The number of hydrogen-bond acceptors (Lipinski definition) is 6. The molecule has 0 saturated carbocycles. The van der Waals surface area contributed by atoms with Gasteiger partial charge >= 0.3 is 5.97 Å². The maximum atomic E-state index is 13.9. The van der Waals surface area contributed by atoms with Crippen LogP contribution in [0.15, 0.2) is 79.0 Å². The Hall–Kier alpha value is -3.53. The highest BCUT2D eigenvalue weighted by Crippen LogP contribution is 2.22. The summed E-state index contributed by atoms with van der Waals surface area (Å²) >= 11 is 8.64. The summed E-state index contributed by atoms with van der Waals surface area (Å²) in [4.78, 5) is 44.2. The van der Waals surface area contributed by atoms with E-state index in [-0.39, 0.29) is 18.4 Å². The lowest BCUT2D eigenvalue weighted by Crippen LogP contribution is -2.55. The standard InChI is InChI=1S/C29H29N3O4S2/c30-24(14-22-15-31-25-9-5-4-8-23(22)25)28(34)32(26(29(35)36)13-18-6-2-1-3-7-18)27(33)21-11-19(16-37)10-20(12-21)17-38/h1-12,15,24,26,31,37-38H,13-14,16-17,30H2,(H,35,36)/t24-,26-/m0/s1. The molecule has 0 spiro atoms. The van der Waals surface area contributed by atoms with E-state index in [0.29, 0.717) is 17.1 Å². The Kier molecular flexibility index (Phi) is 8.93. The van der Waals surface area contributed by atoms with Gasteiger partial charge in [0.25, 0.3) is 5.91 Å². The van der Waals surface area contributed by atoms with Crippen molar-refractivity contribution in [3.8, 4) is 0 Å². The molecule has 38 heavy (non-hydrogen) atoms. The normalized spacial score (nSPS) is 12.7. The molecule has 0 bridgehead atoms. The summed E-state index contributed by atoms with van der Waals surface area (Å²) in [5, 5.41) is 11.1. The molecule has 2 amide bonds. The highest BCUT2D eigenvalue weighted by Gasteiger charge is 2.38. The Labute approximate surface area is 231 Å². The third kappa shape index (κ3) is 6.12. The predicted molar refractivity (Wildman–Crippen MR) is 155 cm³/mol. The van der Waals surface area contributed by atoms with Gasteiger partial charge in [0.05, 0.1) is 6.04 Å². The Morgan fingerprint density at radius 1 is 0.868 bits per heavy atom. The fourth-order valence-electron chi connectivity index (χ4n) is 4.53. The minimum absolute atomic E-state index is 0.0564. The lowest BCUT2D eigenvalue weighted by atomic mass is 9.99. The summed E-state index contributed by atoms with van der Waals surface area (Å²) in [6, 6.07) is 19.0. The molecule has 1 aromatic heterocycles. The van der Waals surface area contributed by atoms with Crippen LogP contribution in [0.2, 0.25) is 0 Å². The van der Waals surface area contributed by atoms with E-state index in [4.69, 9.17) is 5.73 Å². The molecule has 3 aromatic carbocycles. The molecular weight excluding hydrogens is 518 g/mol. The Morgan fingerprint density at radius 3 is 2.13 bits per heavy atom. The van der Waals surface area contributed by atoms with E-state index in [1.807, 2.05) is 36.4 Å². The number of hydrogen-bond donors (Lipinski definition) is 5. The van der Waals surface area contributed by atoms with Gasteiger partial charge < -0.3 is 15.8 Å². The summed E-state index contributed by atoms with van der Waals surface area (Å²) in [7, 11) is 0. The van der Waals surface area contributed by atoms with E-state index in [0.717, 1.165) is 32.5 Å². The Balaban J connectivity index is 1.73. The number of aromatic amines is 1. The number of amides is 2. The minimum atomic E-state index is -1.45. The van der Waals surface area contributed by atoms with Gasteiger partial charge in [0.15, 0.2) is 0 Å². The number of nitrogens with two attached hydrogens (primary N) is 1. The predicted octanol–water partition coefficient (Wildman–Crippen LogP) is 4.26. The number of carbonyl (C=O) groups is 3. The van der Waals surface area contributed by atoms with Crippen LogP contribution >= 0.6 is 25.3 Å². The average molecular weight is 548 g/mol. The van der Waals surface area contributed by atoms with Crippen LogP contribution in [0.4, 0.5) is 0 Å². The summed E-state index contributed by atoms with van der Waals surface area (Å²) < 4.78 is 0. The maximum Gasteiger partial charge on any atom is 0.327 e. The summed E-state index contributed by atoms with van der Waals surface area (Å²) in [6.07, 6.45) is 1.85. The van der Waals surface area contributed by atoms with Crippen molar-refractivity contribution in [1.29, 1.82) is 0 Å². The van der Waals surface area contributed by atoms with Crippen LogP contribution in [0.5, 0.6) is 0 Å². The van der Waals surface area contributed by atoms with Crippen molar-refractivity contribution >= 4 is 53.9 Å². The van der Waals surface area contributed by atoms with E-state index in [1.54, 1.807) is 42.6 Å². The van der Waals surface area contributed by atoms with Gasteiger partial charge in [-0.1, -0.05) is 54.6 Å². The quantitative estimate of drug-likeness (QED) is 0.190. The number of carboxylic acids is 1. The van der Waals surface area contributed by atoms with Gasteiger partial charge in [-0.15, -0.1) is 0 Å². The highest BCUT2D eigenvalue weighted by atomic mass is 32.1. The van der Waals surface area contributed by atoms with Gasteiger partial charge in [-0.3, -0.25) is 14.5 Å². The van der Waals surface area contributed by atoms with Crippen LogP contribution in [0.25, 0.3) is 10.9 Å². The van der Waals surface area contributed by atoms with Crippen molar-refractivity contribution in [2.24, 2.45) is 5.73 Å². The van der Waals surface area contributed by atoms with Crippen LogP contribution in [-0.4, -0.2) is 44.9 Å². The van der Waals surface area contributed by atoms with Crippen LogP contribution in [-0.2, 0) is 33.9 Å². The second kappa shape index (κ2) is 12.3. The van der Waals surface area contributed by atoms with E-state index < -0.39 is 29.9 Å². The average Bonchev–Trinajstić information content (AvgIpc) is 3.35. The van der Waals surface area contributed by atoms with Gasteiger partial charge in [0.1, 0.15) is 6.04 Å². The monoisotopic (exact) mass is 547 g/mol. The maximum absolute atomic E-state index is 13.9. The number of fused-ring (bicyclic) bond motifs is 1. The third-order valence-electron chi connectivity index (χ3n) is 6.42. The molecule has 4 aromatic rings. The molecule has 0 fully saturated rings. The zero-order chi connectivity index (χ0) is 27.2. The second-order valence-corrected chi connectivity index (χ2v) is 9.71. The summed E-state index contributed by atoms with van der Waals surface area (Å²) in [6.45, 7) is 0. The second-order valence-electron chi connectivity index (χ2n) is 9.08. The van der Waals surface area contributed by atoms with Crippen molar-refractivity contribution in [3.05, 3.63) is 107 Å². The van der Waals surface area contributed by atoms with Crippen LogP contribution < -0.4 is 5.73 Å². The first-order chi connectivity index (χ1) is 18.3. The topological polar surface area (TPSA) is 116 Å². The molecular formula is C29H29N3O4S2. The molecule has 0 unspecified atom stereocenters. The molecule has 4 N–H and O–H groups in total. The zero-order valence-electron chi connectivity index (χ0n) is 20.6. The molecule has 1 heterocycles. The fourth-order valence-corrected chi connectivity index (χ4v) is 4.90. The lowest BCUT2D eigenvalue weighted by Gasteiger charge is -2.30. The Morgan fingerprint density at radius 2 is 1.50 bits per heavy atom. The fraction of sp³-hybridized carbons (Fsp3) is 0.207. The van der Waals surface area contributed by atoms with Crippen LogP contribution in [0, 0.1) is 0 Å². The number of para-hydroxylation sites is 1. The number of carboxylic acid groups (broad SMARTS) is 1. The van der Waals surface area contributed by atoms with Gasteiger partial charge in [-0.05, 0) is 46.9 Å². The van der Waals surface area contributed by atoms with Gasteiger partial charge in [0, 0.05) is 40.6 Å². The lowest BCUT2D eigenvalue weighted by molar-refractivity contribution is -0.148. The molecule has 0 aliphatic rings. The number of nitrogens with one attached hydrogen (secondary N) is 1.